The van der Waals surface area contributed by atoms with Gasteiger partial charge in [0.15, 0.2) is 0 Å². The highest BCUT2D eigenvalue weighted by Gasteiger charge is 2.26. The molecular weight excluding hydrogens is 290 g/mol. The highest BCUT2D eigenvalue weighted by atomic mass is 16.5. The maximum Gasteiger partial charge on any atom is 0.321 e. The first kappa shape index (κ1) is 16.1. The van der Waals surface area contributed by atoms with Crippen molar-refractivity contribution in [1.29, 1.82) is 0 Å². The molecule has 0 atom stereocenters. The van der Waals surface area contributed by atoms with Crippen LogP contribution in [0, 0.1) is 0 Å². The number of piperazine rings is 1. The number of rotatable bonds is 3. The Hall–Kier alpha value is -1.75. The number of ether oxygens (including phenoxy) is 1. The summed E-state index contributed by atoms with van der Waals surface area (Å²) in [6.45, 7) is 3.64. The van der Waals surface area contributed by atoms with Gasteiger partial charge in [-0.05, 0) is 37.1 Å². The van der Waals surface area contributed by atoms with Gasteiger partial charge >= 0.3 is 6.03 Å². The summed E-state index contributed by atoms with van der Waals surface area (Å²) in [5, 5.41) is 2.97. The molecule has 2 amide bonds. The number of methoxy groups -OCH3 is 1. The summed E-state index contributed by atoms with van der Waals surface area (Å²) in [5.74, 6) is 0.795. The molecule has 3 rings (SSSR count). The normalized spacial score (nSPS) is 20.3. The van der Waals surface area contributed by atoms with Crippen LogP contribution in [0.15, 0.2) is 24.3 Å². The summed E-state index contributed by atoms with van der Waals surface area (Å²) >= 11 is 0. The molecule has 0 radical (unpaired) electrons. The van der Waals surface area contributed by atoms with Crippen molar-refractivity contribution in [3.8, 4) is 5.75 Å². The minimum absolute atomic E-state index is 0.00143. The number of anilines is 1. The molecule has 0 unspecified atom stereocenters. The average Bonchev–Trinajstić information content (AvgIpc) is 2.63. The molecule has 23 heavy (non-hydrogen) atoms. The molecule has 1 heterocycles. The molecule has 0 aromatic heterocycles. The quantitative estimate of drug-likeness (QED) is 0.931. The summed E-state index contributed by atoms with van der Waals surface area (Å²) in [6, 6.07) is 8.20. The minimum atomic E-state index is -0.00143. The molecule has 1 aromatic rings. The van der Waals surface area contributed by atoms with E-state index in [1.165, 1.54) is 32.1 Å². The van der Waals surface area contributed by atoms with Crippen molar-refractivity contribution in [3.05, 3.63) is 24.3 Å². The molecule has 1 saturated heterocycles. The van der Waals surface area contributed by atoms with Gasteiger partial charge in [0, 0.05) is 37.9 Å². The molecule has 1 N–H and O–H groups in total. The van der Waals surface area contributed by atoms with Gasteiger partial charge in [0.2, 0.25) is 0 Å². The second kappa shape index (κ2) is 7.68. The van der Waals surface area contributed by atoms with Crippen molar-refractivity contribution in [2.24, 2.45) is 0 Å². The van der Waals surface area contributed by atoms with Crippen molar-refractivity contribution < 1.29 is 9.53 Å². The summed E-state index contributed by atoms with van der Waals surface area (Å²) in [4.78, 5) is 16.9. The van der Waals surface area contributed by atoms with Crippen molar-refractivity contribution >= 4 is 11.7 Å². The topological polar surface area (TPSA) is 44.8 Å². The first-order valence-electron chi connectivity index (χ1n) is 8.70. The summed E-state index contributed by atoms with van der Waals surface area (Å²) in [6.07, 6.45) is 6.78. The van der Waals surface area contributed by atoms with E-state index in [4.69, 9.17) is 4.74 Å². The van der Waals surface area contributed by atoms with E-state index in [9.17, 15) is 4.79 Å². The Morgan fingerprint density at radius 1 is 1.04 bits per heavy atom. The van der Waals surface area contributed by atoms with Crippen molar-refractivity contribution in [2.45, 2.75) is 38.1 Å². The zero-order valence-corrected chi connectivity index (χ0v) is 14.0. The van der Waals surface area contributed by atoms with Gasteiger partial charge in [-0.2, -0.15) is 0 Å². The van der Waals surface area contributed by atoms with E-state index in [-0.39, 0.29) is 6.03 Å². The molecule has 1 aromatic carbocycles. The fourth-order valence-electron chi connectivity index (χ4n) is 3.61. The van der Waals surface area contributed by atoms with Crippen molar-refractivity contribution in [3.63, 3.8) is 0 Å². The van der Waals surface area contributed by atoms with Crippen LogP contribution in [-0.2, 0) is 0 Å². The van der Waals surface area contributed by atoms with Crippen LogP contribution in [0.5, 0.6) is 5.75 Å². The lowest BCUT2D eigenvalue weighted by Crippen LogP contribution is -2.53. The number of hydrogen-bond acceptors (Lipinski definition) is 3. The molecule has 0 bridgehead atoms. The third kappa shape index (κ3) is 4.16. The average molecular weight is 317 g/mol. The molecule has 1 saturated carbocycles. The van der Waals surface area contributed by atoms with Gasteiger partial charge < -0.3 is 15.0 Å². The van der Waals surface area contributed by atoms with Crippen molar-refractivity contribution in [2.75, 3.05) is 38.6 Å². The molecule has 1 aliphatic heterocycles. The zero-order chi connectivity index (χ0) is 16.1. The number of carbonyl (C=O) groups excluding carboxylic acids is 1. The Morgan fingerprint density at radius 3 is 2.30 bits per heavy atom. The van der Waals surface area contributed by atoms with Crippen LogP contribution in [0.25, 0.3) is 0 Å². The van der Waals surface area contributed by atoms with Crippen LogP contribution >= 0.6 is 0 Å². The van der Waals surface area contributed by atoms with E-state index in [1.54, 1.807) is 7.11 Å². The molecule has 2 fully saturated rings. The Balaban J connectivity index is 1.47. The highest BCUT2D eigenvalue weighted by molar-refractivity contribution is 5.89. The molecule has 5 heteroatoms. The molecule has 0 spiro atoms. The van der Waals surface area contributed by atoms with Crippen LogP contribution < -0.4 is 10.1 Å². The van der Waals surface area contributed by atoms with Crippen LogP contribution in [0.1, 0.15) is 32.1 Å². The van der Waals surface area contributed by atoms with Gasteiger partial charge in [0.1, 0.15) is 5.75 Å². The highest BCUT2D eigenvalue weighted by Crippen LogP contribution is 2.23. The van der Waals surface area contributed by atoms with E-state index in [0.717, 1.165) is 43.7 Å². The van der Waals surface area contributed by atoms with Gasteiger partial charge in [0.25, 0.3) is 0 Å². The lowest BCUT2D eigenvalue weighted by Gasteiger charge is -2.40. The van der Waals surface area contributed by atoms with Gasteiger partial charge in [0.05, 0.1) is 7.11 Å². The van der Waals surface area contributed by atoms with Gasteiger partial charge in [-0.3, -0.25) is 4.90 Å². The Morgan fingerprint density at radius 2 is 1.70 bits per heavy atom. The van der Waals surface area contributed by atoms with Crippen LogP contribution in [0.3, 0.4) is 0 Å². The van der Waals surface area contributed by atoms with Crippen LogP contribution in [0.2, 0.25) is 0 Å². The Bertz CT molecular complexity index is 504. The lowest BCUT2D eigenvalue weighted by atomic mass is 9.94. The summed E-state index contributed by atoms with van der Waals surface area (Å²) < 4.78 is 5.13. The number of nitrogens with one attached hydrogen (secondary N) is 1. The Kier molecular flexibility index (Phi) is 5.39. The summed E-state index contributed by atoms with van der Waals surface area (Å²) in [5.41, 5.74) is 0.811. The van der Waals surface area contributed by atoms with E-state index < -0.39 is 0 Å². The standard InChI is InChI=1S/C18H27N3O2/c1-23-17-9-7-15(8-10-17)19-18(22)21-13-11-20(12-14-21)16-5-3-2-4-6-16/h7-10,16H,2-6,11-14H2,1H3,(H,19,22). The molecular formula is C18H27N3O2. The smallest absolute Gasteiger partial charge is 0.321 e. The molecule has 2 aliphatic rings. The third-order valence-corrected chi connectivity index (χ3v) is 5.03. The SMILES string of the molecule is COc1ccc(NC(=O)N2CCN(C3CCCCC3)CC2)cc1. The maximum atomic E-state index is 12.4. The molecule has 1 aliphatic carbocycles. The number of hydrogen-bond donors (Lipinski definition) is 1. The van der Waals surface area contributed by atoms with Gasteiger partial charge in [-0.25, -0.2) is 4.79 Å². The zero-order valence-electron chi connectivity index (χ0n) is 14.0. The fourth-order valence-corrected chi connectivity index (χ4v) is 3.61. The monoisotopic (exact) mass is 317 g/mol. The Labute approximate surface area is 138 Å². The van der Waals surface area contributed by atoms with Gasteiger partial charge in [-0.1, -0.05) is 19.3 Å². The van der Waals surface area contributed by atoms with E-state index in [1.807, 2.05) is 29.2 Å². The van der Waals surface area contributed by atoms with E-state index in [2.05, 4.69) is 10.2 Å². The fraction of sp³-hybridized carbons (Fsp3) is 0.611. The summed E-state index contributed by atoms with van der Waals surface area (Å²) in [7, 11) is 1.64. The van der Waals surface area contributed by atoms with Crippen LogP contribution in [0.4, 0.5) is 10.5 Å². The minimum Gasteiger partial charge on any atom is -0.497 e. The number of urea groups is 1. The largest absolute Gasteiger partial charge is 0.497 e. The number of carbonyl (C=O) groups is 1. The number of amides is 2. The van der Waals surface area contributed by atoms with E-state index in [0.29, 0.717) is 0 Å². The number of nitrogens with zero attached hydrogens (tertiary/aromatic N) is 2. The number of benzene rings is 1. The predicted molar refractivity (Wildman–Crippen MR) is 92.0 cm³/mol. The molecule has 126 valence electrons. The van der Waals surface area contributed by atoms with E-state index >= 15 is 0 Å². The second-order valence-corrected chi connectivity index (χ2v) is 6.47. The molecule has 5 nitrogen and oxygen atoms in total. The predicted octanol–water partition coefficient (Wildman–Crippen LogP) is 3.18. The first-order chi connectivity index (χ1) is 11.3. The van der Waals surface area contributed by atoms with Gasteiger partial charge in [-0.15, -0.1) is 0 Å². The maximum absolute atomic E-state index is 12.4. The third-order valence-electron chi connectivity index (χ3n) is 5.03. The lowest BCUT2D eigenvalue weighted by molar-refractivity contribution is 0.0943. The van der Waals surface area contributed by atoms with Crippen molar-refractivity contribution in [1.82, 2.24) is 9.80 Å². The van der Waals surface area contributed by atoms with Crippen LogP contribution in [-0.4, -0.2) is 55.2 Å². The first-order valence-corrected chi connectivity index (χ1v) is 8.70. The second-order valence-electron chi connectivity index (χ2n) is 6.47.